The largest absolute Gasteiger partial charge is 1.00 e. The number of carboxylic acids is 1. The summed E-state index contributed by atoms with van der Waals surface area (Å²) in [5.74, 6) is 4.16. The molecule has 0 atom stereocenters. The van der Waals surface area contributed by atoms with E-state index in [-0.39, 0.29) is 36.0 Å². The normalized spacial score (nSPS) is 6.33. The van der Waals surface area contributed by atoms with Crippen molar-refractivity contribution in [1.29, 1.82) is 0 Å². The van der Waals surface area contributed by atoms with Gasteiger partial charge in [0.1, 0.15) is 0 Å². The molecule has 0 aromatic heterocycles. The minimum atomic E-state index is -1.03. The average molecular weight is 134 g/mol. The molecule has 0 heterocycles. The van der Waals surface area contributed by atoms with E-state index in [1.165, 1.54) is 0 Å². The van der Waals surface area contributed by atoms with E-state index in [4.69, 9.17) is 0 Å². The van der Waals surface area contributed by atoms with Crippen molar-refractivity contribution in [2.75, 3.05) is 0 Å². The Bertz CT molecular complexity index is 132. The van der Waals surface area contributed by atoms with E-state index >= 15 is 0 Å². The fraction of sp³-hybridized carbons (Fsp3) is 0.500. The van der Waals surface area contributed by atoms with E-state index in [0.717, 1.165) is 0 Å². The summed E-state index contributed by atoms with van der Waals surface area (Å²) in [7, 11) is 0. The van der Waals surface area contributed by atoms with Crippen LogP contribution in [0.5, 0.6) is 0 Å². The Kier molecular flexibility index (Phi) is 10.5. The maximum atomic E-state index is 9.70. The Hall–Kier alpha value is 0.0300. The summed E-state index contributed by atoms with van der Waals surface area (Å²) in [6.45, 7) is 1.68. The number of carbonyl (C=O) groups excluding carboxylic acids is 1. The minimum Gasteiger partial charge on any atom is -0.550 e. The molecule has 0 unspecified atom stereocenters. The second-order valence-electron chi connectivity index (χ2n) is 1.30. The zero-order chi connectivity index (χ0) is 6.41. The number of hydrogen-bond acceptors (Lipinski definition) is 2. The van der Waals surface area contributed by atoms with Gasteiger partial charge in [-0.1, -0.05) is 0 Å². The maximum absolute atomic E-state index is 9.70. The van der Waals surface area contributed by atoms with Crippen molar-refractivity contribution in [3.05, 3.63) is 0 Å². The Balaban J connectivity index is 0. The standard InChI is InChI=1S/C6H8O2.Na/c1-2-3-4-5-6(7)8;/h4-5H2,1H3,(H,7,8);/q;+1/p-1. The van der Waals surface area contributed by atoms with Crippen LogP contribution < -0.4 is 34.7 Å². The molecule has 0 saturated heterocycles. The first kappa shape index (κ1) is 11.8. The van der Waals surface area contributed by atoms with Crippen LogP contribution in [0.1, 0.15) is 19.8 Å². The monoisotopic (exact) mass is 134 g/mol. The molecule has 0 bridgehead atoms. The molecule has 0 aromatic rings. The van der Waals surface area contributed by atoms with Crippen LogP contribution in [0.4, 0.5) is 0 Å². The third kappa shape index (κ3) is 11.5. The maximum Gasteiger partial charge on any atom is 1.00 e. The summed E-state index contributed by atoms with van der Waals surface area (Å²) in [6, 6.07) is 0. The van der Waals surface area contributed by atoms with Gasteiger partial charge in [0, 0.05) is 12.4 Å². The number of carboxylic acid groups (broad SMARTS) is 1. The Morgan fingerprint density at radius 1 is 1.67 bits per heavy atom. The zero-order valence-electron chi connectivity index (χ0n) is 5.73. The van der Waals surface area contributed by atoms with E-state index in [9.17, 15) is 9.90 Å². The first-order chi connectivity index (χ1) is 3.77. The van der Waals surface area contributed by atoms with E-state index in [1.807, 2.05) is 0 Å². The van der Waals surface area contributed by atoms with Gasteiger partial charge in [0.15, 0.2) is 0 Å². The molecule has 0 fully saturated rings. The molecule has 2 nitrogen and oxygen atoms in total. The Morgan fingerprint density at radius 2 is 2.22 bits per heavy atom. The van der Waals surface area contributed by atoms with Crippen LogP contribution in [0.25, 0.3) is 0 Å². The summed E-state index contributed by atoms with van der Waals surface area (Å²) < 4.78 is 0. The molecular weight excluding hydrogens is 127 g/mol. The molecule has 0 saturated carbocycles. The quantitative estimate of drug-likeness (QED) is 0.291. The SMILES string of the molecule is CC#CCCC(=O)[O-].[Na+]. The van der Waals surface area contributed by atoms with Crippen molar-refractivity contribution in [2.24, 2.45) is 0 Å². The summed E-state index contributed by atoms with van der Waals surface area (Å²) in [6.07, 6.45) is 0.444. The van der Waals surface area contributed by atoms with Gasteiger partial charge < -0.3 is 9.90 Å². The molecule has 0 amide bonds. The Labute approximate surface area is 76.9 Å². The van der Waals surface area contributed by atoms with Gasteiger partial charge in [0.05, 0.1) is 0 Å². The molecule has 0 aliphatic heterocycles. The van der Waals surface area contributed by atoms with Crippen LogP contribution in [0, 0.1) is 11.8 Å². The first-order valence-electron chi connectivity index (χ1n) is 2.37. The van der Waals surface area contributed by atoms with Crippen LogP contribution in [0.2, 0.25) is 0 Å². The first-order valence-corrected chi connectivity index (χ1v) is 2.37. The van der Waals surface area contributed by atoms with Gasteiger partial charge >= 0.3 is 29.6 Å². The van der Waals surface area contributed by atoms with Crippen LogP contribution in [-0.4, -0.2) is 5.97 Å². The van der Waals surface area contributed by atoms with E-state index < -0.39 is 5.97 Å². The van der Waals surface area contributed by atoms with Gasteiger partial charge in [-0.25, -0.2) is 0 Å². The molecule has 0 aliphatic carbocycles. The van der Waals surface area contributed by atoms with Gasteiger partial charge in [0.25, 0.3) is 0 Å². The predicted octanol–water partition coefficient (Wildman–Crippen LogP) is -3.46. The fourth-order valence-corrected chi connectivity index (χ4v) is 0.290. The molecule has 0 rings (SSSR count). The van der Waals surface area contributed by atoms with E-state index in [1.54, 1.807) is 6.92 Å². The smallest absolute Gasteiger partial charge is 0.550 e. The van der Waals surface area contributed by atoms with Crippen molar-refractivity contribution >= 4 is 5.97 Å². The van der Waals surface area contributed by atoms with Crippen LogP contribution >= 0.6 is 0 Å². The summed E-state index contributed by atoms with van der Waals surface area (Å²) in [5.41, 5.74) is 0. The van der Waals surface area contributed by atoms with Crippen LogP contribution in [-0.2, 0) is 4.79 Å². The molecule has 0 aromatic carbocycles. The molecule has 0 spiro atoms. The van der Waals surface area contributed by atoms with Gasteiger partial charge in [-0.15, -0.1) is 11.8 Å². The molecule has 9 heavy (non-hydrogen) atoms. The average Bonchev–Trinajstić information content (AvgIpc) is 1.66. The molecule has 0 radical (unpaired) electrons. The van der Waals surface area contributed by atoms with Crippen LogP contribution in [0.3, 0.4) is 0 Å². The third-order valence-corrected chi connectivity index (χ3v) is 0.631. The van der Waals surface area contributed by atoms with Gasteiger partial charge in [-0.3, -0.25) is 0 Å². The summed E-state index contributed by atoms with van der Waals surface area (Å²) in [4.78, 5) is 9.70. The second kappa shape index (κ2) is 8.03. The van der Waals surface area contributed by atoms with Gasteiger partial charge in [-0.05, 0) is 13.3 Å². The van der Waals surface area contributed by atoms with Crippen molar-refractivity contribution in [2.45, 2.75) is 19.8 Å². The second-order valence-corrected chi connectivity index (χ2v) is 1.30. The van der Waals surface area contributed by atoms with E-state index in [0.29, 0.717) is 6.42 Å². The third-order valence-electron chi connectivity index (χ3n) is 0.631. The number of aliphatic carboxylic acids is 1. The summed E-state index contributed by atoms with van der Waals surface area (Å²) in [5, 5.41) is 9.70. The zero-order valence-corrected chi connectivity index (χ0v) is 7.73. The topological polar surface area (TPSA) is 40.1 Å². The van der Waals surface area contributed by atoms with Crippen LogP contribution in [0.15, 0.2) is 0 Å². The van der Waals surface area contributed by atoms with Crippen molar-refractivity contribution in [1.82, 2.24) is 0 Å². The minimum absolute atomic E-state index is 0. The summed E-state index contributed by atoms with van der Waals surface area (Å²) >= 11 is 0. The van der Waals surface area contributed by atoms with Crippen molar-refractivity contribution in [3.8, 4) is 11.8 Å². The Morgan fingerprint density at radius 3 is 2.56 bits per heavy atom. The van der Waals surface area contributed by atoms with Crippen molar-refractivity contribution in [3.63, 3.8) is 0 Å². The number of carbonyl (C=O) groups is 1. The molecule has 0 aliphatic rings. The fourth-order valence-electron chi connectivity index (χ4n) is 0.290. The van der Waals surface area contributed by atoms with E-state index in [2.05, 4.69) is 11.8 Å². The van der Waals surface area contributed by atoms with Crippen molar-refractivity contribution < 1.29 is 39.5 Å². The van der Waals surface area contributed by atoms with Gasteiger partial charge in [0.2, 0.25) is 0 Å². The molecule has 0 N–H and O–H groups in total. The predicted molar refractivity (Wildman–Crippen MR) is 27.7 cm³/mol. The number of rotatable bonds is 2. The van der Waals surface area contributed by atoms with Gasteiger partial charge in [-0.2, -0.15) is 0 Å². The molecular formula is C6H7NaO2. The molecule has 3 heteroatoms. The molecule has 44 valence electrons. The number of hydrogen-bond donors (Lipinski definition) is 0.